The van der Waals surface area contributed by atoms with E-state index in [-0.39, 0.29) is 17.4 Å². The van der Waals surface area contributed by atoms with Crippen molar-refractivity contribution in [2.24, 2.45) is 5.41 Å². The van der Waals surface area contributed by atoms with Crippen LogP contribution in [0, 0.1) is 5.41 Å². The number of carbonyl (C=O) groups excluding carboxylic acids is 1. The lowest BCUT2D eigenvalue weighted by atomic mass is 9.93. The van der Waals surface area contributed by atoms with Crippen molar-refractivity contribution in [3.63, 3.8) is 0 Å². The number of ether oxygens (including phenoxy) is 1. The van der Waals surface area contributed by atoms with Crippen LogP contribution in [-0.4, -0.2) is 49.7 Å². The quantitative estimate of drug-likeness (QED) is 0.676. The predicted octanol–water partition coefficient (Wildman–Crippen LogP) is 0.233. The molecule has 0 spiro atoms. The topological polar surface area (TPSA) is 41.6 Å². The molecule has 4 heteroatoms. The highest BCUT2D eigenvalue weighted by Crippen LogP contribution is 2.29. The zero-order valence-electron chi connectivity index (χ0n) is 9.58. The Morgan fingerprint density at radius 2 is 2.33 bits per heavy atom. The molecule has 4 nitrogen and oxygen atoms in total. The number of carbonyl (C=O) groups is 1. The number of rotatable bonds is 1. The second-order valence-electron chi connectivity index (χ2n) is 5.26. The molecule has 0 aliphatic carbocycles. The summed E-state index contributed by atoms with van der Waals surface area (Å²) in [7, 11) is 0. The van der Waals surface area contributed by atoms with Crippen molar-refractivity contribution in [2.75, 3.05) is 32.8 Å². The molecular formula is C11H20N2O2. The zero-order chi connectivity index (χ0) is 10.9. The van der Waals surface area contributed by atoms with Crippen molar-refractivity contribution >= 4 is 5.91 Å². The van der Waals surface area contributed by atoms with Gasteiger partial charge in [-0.3, -0.25) is 4.79 Å². The Kier molecular flexibility index (Phi) is 2.98. The van der Waals surface area contributed by atoms with Crippen LogP contribution in [-0.2, 0) is 9.53 Å². The van der Waals surface area contributed by atoms with Crippen LogP contribution in [0.2, 0.25) is 0 Å². The third kappa shape index (κ3) is 2.49. The predicted molar refractivity (Wildman–Crippen MR) is 57.6 cm³/mol. The minimum atomic E-state index is -0.118. The molecule has 1 atom stereocenters. The Balaban J connectivity index is 1.90. The fourth-order valence-corrected chi connectivity index (χ4v) is 2.24. The molecule has 2 aliphatic heterocycles. The van der Waals surface area contributed by atoms with Crippen LogP contribution in [0.5, 0.6) is 0 Å². The average Bonchev–Trinajstić information content (AvgIpc) is 2.59. The van der Waals surface area contributed by atoms with Crippen LogP contribution < -0.4 is 5.32 Å². The van der Waals surface area contributed by atoms with Gasteiger partial charge < -0.3 is 15.0 Å². The van der Waals surface area contributed by atoms with Gasteiger partial charge in [0.25, 0.3) is 0 Å². The molecule has 1 unspecified atom stereocenters. The van der Waals surface area contributed by atoms with Crippen LogP contribution >= 0.6 is 0 Å². The van der Waals surface area contributed by atoms with Crippen LogP contribution in [0.3, 0.4) is 0 Å². The van der Waals surface area contributed by atoms with Gasteiger partial charge >= 0.3 is 0 Å². The Morgan fingerprint density at radius 1 is 1.53 bits per heavy atom. The van der Waals surface area contributed by atoms with E-state index in [0.29, 0.717) is 6.61 Å². The molecule has 0 bridgehead atoms. The molecular weight excluding hydrogens is 192 g/mol. The van der Waals surface area contributed by atoms with Gasteiger partial charge in [0.05, 0.1) is 13.2 Å². The maximum atomic E-state index is 12.1. The van der Waals surface area contributed by atoms with Gasteiger partial charge in [0.15, 0.2) is 0 Å². The van der Waals surface area contributed by atoms with Gasteiger partial charge in [-0.05, 0) is 11.8 Å². The molecule has 0 radical (unpaired) electrons. The molecule has 0 saturated carbocycles. The molecule has 0 aromatic rings. The Bertz CT molecular complexity index is 247. The standard InChI is InChI=1S/C11H20N2O2/c1-11(2)3-5-13(8-11)10(14)9-7-15-6-4-12-9/h9,12H,3-8H2,1-2H3. The van der Waals surface area contributed by atoms with E-state index in [0.717, 1.165) is 32.7 Å². The van der Waals surface area contributed by atoms with Crippen molar-refractivity contribution < 1.29 is 9.53 Å². The number of nitrogens with zero attached hydrogens (tertiary/aromatic N) is 1. The highest BCUT2D eigenvalue weighted by Gasteiger charge is 2.35. The van der Waals surface area contributed by atoms with E-state index in [1.54, 1.807) is 0 Å². The molecule has 0 aromatic carbocycles. The number of hydrogen-bond donors (Lipinski definition) is 1. The van der Waals surface area contributed by atoms with Crippen molar-refractivity contribution in [1.29, 1.82) is 0 Å². The molecule has 86 valence electrons. The van der Waals surface area contributed by atoms with E-state index in [1.807, 2.05) is 4.90 Å². The molecule has 2 saturated heterocycles. The summed E-state index contributed by atoms with van der Waals surface area (Å²) in [5.74, 6) is 0.209. The van der Waals surface area contributed by atoms with Gasteiger partial charge in [0.2, 0.25) is 5.91 Å². The van der Waals surface area contributed by atoms with E-state index in [4.69, 9.17) is 4.74 Å². The number of likely N-dealkylation sites (tertiary alicyclic amines) is 1. The fourth-order valence-electron chi connectivity index (χ4n) is 2.24. The summed E-state index contributed by atoms with van der Waals surface area (Å²) in [4.78, 5) is 14.0. The van der Waals surface area contributed by atoms with E-state index in [2.05, 4.69) is 19.2 Å². The van der Waals surface area contributed by atoms with E-state index in [9.17, 15) is 4.79 Å². The Morgan fingerprint density at radius 3 is 2.87 bits per heavy atom. The number of hydrogen-bond acceptors (Lipinski definition) is 3. The highest BCUT2D eigenvalue weighted by atomic mass is 16.5. The van der Waals surface area contributed by atoms with Crippen LogP contribution in [0.4, 0.5) is 0 Å². The molecule has 0 aromatic heterocycles. The zero-order valence-corrected chi connectivity index (χ0v) is 9.58. The largest absolute Gasteiger partial charge is 0.378 e. The van der Waals surface area contributed by atoms with Crippen molar-refractivity contribution in [3.05, 3.63) is 0 Å². The van der Waals surface area contributed by atoms with Crippen LogP contribution in [0.15, 0.2) is 0 Å². The molecule has 15 heavy (non-hydrogen) atoms. The summed E-state index contributed by atoms with van der Waals surface area (Å²) in [5, 5.41) is 3.21. The lowest BCUT2D eigenvalue weighted by Gasteiger charge is -2.28. The fraction of sp³-hybridized carbons (Fsp3) is 0.909. The molecule has 2 heterocycles. The lowest BCUT2D eigenvalue weighted by Crippen LogP contribution is -2.52. The molecule has 2 aliphatic rings. The van der Waals surface area contributed by atoms with Gasteiger partial charge in [-0.1, -0.05) is 13.8 Å². The minimum Gasteiger partial charge on any atom is -0.378 e. The normalized spacial score (nSPS) is 30.5. The minimum absolute atomic E-state index is 0.118. The lowest BCUT2D eigenvalue weighted by molar-refractivity contribution is -0.135. The third-order valence-electron chi connectivity index (χ3n) is 3.21. The second-order valence-corrected chi connectivity index (χ2v) is 5.26. The number of morpholine rings is 1. The van der Waals surface area contributed by atoms with Crippen LogP contribution in [0.1, 0.15) is 20.3 Å². The summed E-state index contributed by atoms with van der Waals surface area (Å²) in [5.41, 5.74) is 0.283. The van der Waals surface area contributed by atoms with Crippen molar-refractivity contribution in [2.45, 2.75) is 26.3 Å². The number of amides is 1. The summed E-state index contributed by atoms with van der Waals surface area (Å²) in [6.07, 6.45) is 1.10. The average molecular weight is 212 g/mol. The first-order valence-electron chi connectivity index (χ1n) is 5.68. The smallest absolute Gasteiger partial charge is 0.242 e. The summed E-state index contributed by atoms with van der Waals surface area (Å²) in [6.45, 7) is 8.23. The molecule has 1 N–H and O–H groups in total. The highest BCUT2D eigenvalue weighted by molar-refractivity contribution is 5.82. The molecule has 2 rings (SSSR count). The number of nitrogens with one attached hydrogen (secondary N) is 1. The van der Waals surface area contributed by atoms with Gasteiger partial charge in [-0.2, -0.15) is 0 Å². The van der Waals surface area contributed by atoms with Crippen molar-refractivity contribution in [1.82, 2.24) is 10.2 Å². The van der Waals surface area contributed by atoms with Gasteiger partial charge in [-0.25, -0.2) is 0 Å². The van der Waals surface area contributed by atoms with Gasteiger partial charge in [0, 0.05) is 19.6 Å². The van der Waals surface area contributed by atoms with Gasteiger partial charge in [-0.15, -0.1) is 0 Å². The second kappa shape index (κ2) is 4.10. The SMILES string of the molecule is CC1(C)CCN(C(=O)C2COCCN2)C1. The van der Waals surface area contributed by atoms with E-state index >= 15 is 0 Å². The van der Waals surface area contributed by atoms with E-state index in [1.165, 1.54) is 0 Å². The molecule has 2 fully saturated rings. The monoisotopic (exact) mass is 212 g/mol. The van der Waals surface area contributed by atoms with Gasteiger partial charge in [0.1, 0.15) is 6.04 Å². The molecule has 1 amide bonds. The maximum Gasteiger partial charge on any atom is 0.242 e. The first-order chi connectivity index (χ1) is 7.08. The first kappa shape index (κ1) is 10.9. The first-order valence-corrected chi connectivity index (χ1v) is 5.68. The summed E-state index contributed by atoms with van der Waals surface area (Å²) >= 11 is 0. The Labute approximate surface area is 91.0 Å². The summed E-state index contributed by atoms with van der Waals surface area (Å²) in [6, 6.07) is -0.118. The maximum absolute atomic E-state index is 12.1. The Hall–Kier alpha value is -0.610. The van der Waals surface area contributed by atoms with Crippen LogP contribution in [0.25, 0.3) is 0 Å². The van der Waals surface area contributed by atoms with E-state index < -0.39 is 0 Å². The third-order valence-corrected chi connectivity index (χ3v) is 3.21. The van der Waals surface area contributed by atoms with Crippen molar-refractivity contribution in [3.8, 4) is 0 Å². The summed E-state index contributed by atoms with van der Waals surface area (Å²) < 4.78 is 5.30.